The number of anilines is 1. The molecule has 4 nitrogen and oxygen atoms in total. The van der Waals surface area contributed by atoms with Crippen molar-refractivity contribution in [3.8, 4) is 0 Å². The standard InChI is InChI=1S/C14H12ClF3N2O2S/c1-7-8(2)22-13(19-7)23-6-12(21)20-9-3-4-11(15)10(5-9)14(16,17)18/h3-5H,6H2,1-2H3,(H,20,21). The maximum absolute atomic E-state index is 12.8. The lowest BCUT2D eigenvalue weighted by Gasteiger charge is -2.11. The third kappa shape index (κ3) is 4.65. The van der Waals surface area contributed by atoms with Gasteiger partial charge in [0.05, 0.1) is 22.0 Å². The van der Waals surface area contributed by atoms with Crippen molar-refractivity contribution in [1.29, 1.82) is 0 Å². The van der Waals surface area contributed by atoms with Crippen molar-refractivity contribution in [3.05, 3.63) is 40.2 Å². The fourth-order valence-electron chi connectivity index (χ4n) is 1.65. The molecule has 0 saturated heterocycles. The van der Waals surface area contributed by atoms with E-state index < -0.39 is 22.7 Å². The Balaban J connectivity index is 2.00. The molecule has 0 aliphatic rings. The number of benzene rings is 1. The van der Waals surface area contributed by atoms with Gasteiger partial charge >= 0.3 is 6.18 Å². The van der Waals surface area contributed by atoms with Crippen LogP contribution < -0.4 is 5.32 Å². The lowest BCUT2D eigenvalue weighted by molar-refractivity contribution is -0.137. The first-order valence-electron chi connectivity index (χ1n) is 6.40. The van der Waals surface area contributed by atoms with Crippen molar-refractivity contribution in [2.24, 2.45) is 0 Å². The van der Waals surface area contributed by atoms with E-state index in [2.05, 4.69) is 10.3 Å². The highest BCUT2D eigenvalue weighted by Crippen LogP contribution is 2.36. The second-order valence-electron chi connectivity index (χ2n) is 4.65. The molecule has 0 spiro atoms. The molecule has 0 fully saturated rings. The summed E-state index contributed by atoms with van der Waals surface area (Å²) in [7, 11) is 0. The molecule has 124 valence electrons. The first kappa shape index (κ1) is 17.7. The fourth-order valence-corrected chi connectivity index (χ4v) is 2.59. The second kappa shape index (κ2) is 6.84. The Labute approximate surface area is 139 Å². The minimum atomic E-state index is -4.58. The number of oxazole rings is 1. The van der Waals surface area contributed by atoms with Gasteiger partial charge in [-0.05, 0) is 32.0 Å². The van der Waals surface area contributed by atoms with Gasteiger partial charge in [0, 0.05) is 5.69 Å². The Morgan fingerprint density at radius 2 is 2.09 bits per heavy atom. The second-order valence-corrected chi connectivity index (χ2v) is 5.98. The molecule has 2 rings (SSSR count). The quantitative estimate of drug-likeness (QED) is 0.799. The van der Waals surface area contributed by atoms with E-state index in [1.807, 2.05) is 0 Å². The summed E-state index contributed by atoms with van der Waals surface area (Å²) in [5, 5.41) is 2.30. The summed E-state index contributed by atoms with van der Waals surface area (Å²) in [4.78, 5) is 15.9. The van der Waals surface area contributed by atoms with Gasteiger partial charge in [0.2, 0.25) is 5.91 Å². The summed E-state index contributed by atoms with van der Waals surface area (Å²) in [6.07, 6.45) is -4.58. The average Bonchev–Trinajstić information content (AvgIpc) is 2.76. The number of thioether (sulfide) groups is 1. The van der Waals surface area contributed by atoms with Crippen LogP contribution in [0.1, 0.15) is 17.0 Å². The van der Waals surface area contributed by atoms with Gasteiger partial charge in [0.1, 0.15) is 5.76 Å². The summed E-state index contributed by atoms with van der Waals surface area (Å²) in [6, 6.07) is 3.19. The van der Waals surface area contributed by atoms with Crippen LogP contribution in [0.3, 0.4) is 0 Å². The number of aromatic nitrogens is 1. The van der Waals surface area contributed by atoms with E-state index in [0.717, 1.165) is 29.6 Å². The van der Waals surface area contributed by atoms with Crippen molar-refractivity contribution in [3.63, 3.8) is 0 Å². The Hall–Kier alpha value is -1.67. The molecule has 0 aliphatic heterocycles. The zero-order chi connectivity index (χ0) is 17.2. The van der Waals surface area contributed by atoms with Crippen molar-refractivity contribution >= 4 is 35.0 Å². The normalized spacial score (nSPS) is 11.6. The SMILES string of the molecule is Cc1nc(SCC(=O)Nc2ccc(Cl)c(C(F)(F)F)c2)oc1C. The third-order valence-corrected chi connectivity index (χ3v) is 4.05. The van der Waals surface area contributed by atoms with E-state index in [9.17, 15) is 18.0 Å². The first-order chi connectivity index (χ1) is 10.7. The van der Waals surface area contributed by atoms with Crippen LogP contribution in [-0.4, -0.2) is 16.6 Å². The zero-order valence-corrected chi connectivity index (χ0v) is 13.7. The lowest BCUT2D eigenvalue weighted by Crippen LogP contribution is -2.15. The van der Waals surface area contributed by atoms with Crippen LogP contribution in [0.5, 0.6) is 0 Å². The Morgan fingerprint density at radius 1 is 1.39 bits per heavy atom. The minimum absolute atomic E-state index is 0.0205. The Bertz CT molecular complexity index is 712. The number of carbonyl (C=O) groups is 1. The van der Waals surface area contributed by atoms with Gasteiger partial charge in [-0.25, -0.2) is 4.98 Å². The van der Waals surface area contributed by atoms with Gasteiger partial charge in [-0.15, -0.1) is 0 Å². The summed E-state index contributed by atoms with van der Waals surface area (Å²) >= 11 is 6.58. The molecule has 0 aliphatic carbocycles. The highest BCUT2D eigenvalue weighted by atomic mass is 35.5. The van der Waals surface area contributed by atoms with Crippen LogP contribution >= 0.6 is 23.4 Å². The maximum Gasteiger partial charge on any atom is 0.417 e. The van der Waals surface area contributed by atoms with E-state index >= 15 is 0 Å². The number of nitrogens with zero attached hydrogens (tertiary/aromatic N) is 1. The number of amides is 1. The number of halogens is 4. The van der Waals surface area contributed by atoms with Crippen LogP contribution in [-0.2, 0) is 11.0 Å². The Kier molecular flexibility index (Phi) is 5.26. The molecule has 1 amide bonds. The number of nitrogens with one attached hydrogen (secondary N) is 1. The van der Waals surface area contributed by atoms with E-state index in [1.165, 1.54) is 6.07 Å². The predicted octanol–water partition coefficient (Wildman–Crippen LogP) is 4.69. The van der Waals surface area contributed by atoms with Gasteiger partial charge < -0.3 is 9.73 Å². The molecule has 1 N–H and O–H groups in total. The number of hydrogen-bond donors (Lipinski definition) is 1. The number of rotatable bonds is 4. The molecule has 1 heterocycles. The average molecular weight is 365 g/mol. The first-order valence-corrected chi connectivity index (χ1v) is 7.76. The molecular weight excluding hydrogens is 353 g/mol. The minimum Gasteiger partial charge on any atom is -0.437 e. The van der Waals surface area contributed by atoms with Gasteiger partial charge in [0.25, 0.3) is 5.22 Å². The van der Waals surface area contributed by atoms with E-state index in [0.29, 0.717) is 11.0 Å². The number of hydrogen-bond acceptors (Lipinski definition) is 4. The van der Waals surface area contributed by atoms with Gasteiger partial charge in [-0.1, -0.05) is 23.4 Å². The lowest BCUT2D eigenvalue weighted by atomic mass is 10.2. The third-order valence-electron chi connectivity index (χ3n) is 2.89. The molecular formula is C14H12ClF3N2O2S. The molecule has 0 saturated carbocycles. The van der Waals surface area contributed by atoms with Crippen LogP contribution in [0.4, 0.5) is 18.9 Å². The van der Waals surface area contributed by atoms with Crippen molar-refractivity contribution in [1.82, 2.24) is 4.98 Å². The summed E-state index contributed by atoms with van der Waals surface area (Å²) in [5.41, 5.74) is -0.254. The molecule has 0 radical (unpaired) electrons. The molecule has 2 aromatic rings. The fraction of sp³-hybridized carbons (Fsp3) is 0.286. The predicted molar refractivity (Wildman–Crippen MR) is 81.8 cm³/mol. The molecule has 0 atom stereocenters. The Morgan fingerprint density at radius 3 is 2.65 bits per heavy atom. The highest BCUT2D eigenvalue weighted by molar-refractivity contribution is 7.99. The van der Waals surface area contributed by atoms with Crippen molar-refractivity contribution in [2.75, 3.05) is 11.1 Å². The maximum atomic E-state index is 12.8. The van der Waals surface area contributed by atoms with Crippen LogP contribution in [0.2, 0.25) is 5.02 Å². The van der Waals surface area contributed by atoms with Gasteiger partial charge in [-0.3, -0.25) is 4.79 Å². The molecule has 0 bridgehead atoms. The van der Waals surface area contributed by atoms with Crippen LogP contribution in [0, 0.1) is 13.8 Å². The molecule has 0 unspecified atom stereocenters. The van der Waals surface area contributed by atoms with Crippen molar-refractivity contribution in [2.45, 2.75) is 25.2 Å². The summed E-state index contributed by atoms with van der Waals surface area (Å²) in [5.74, 6) is 0.142. The molecule has 9 heteroatoms. The highest BCUT2D eigenvalue weighted by Gasteiger charge is 2.33. The number of alkyl halides is 3. The van der Waals surface area contributed by atoms with Crippen molar-refractivity contribution < 1.29 is 22.4 Å². The van der Waals surface area contributed by atoms with Crippen LogP contribution in [0.25, 0.3) is 0 Å². The largest absolute Gasteiger partial charge is 0.437 e. The number of aryl methyl sites for hydroxylation is 2. The summed E-state index contributed by atoms with van der Waals surface area (Å²) < 4.78 is 43.6. The molecule has 1 aromatic carbocycles. The van der Waals surface area contributed by atoms with E-state index in [4.69, 9.17) is 16.0 Å². The van der Waals surface area contributed by atoms with Gasteiger partial charge in [-0.2, -0.15) is 13.2 Å². The molecule has 1 aromatic heterocycles. The van der Waals surface area contributed by atoms with Gasteiger partial charge in [0.15, 0.2) is 0 Å². The number of carbonyl (C=O) groups excluding carboxylic acids is 1. The van der Waals surface area contributed by atoms with E-state index in [-0.39, 0.29) is 11.4 Å². The smallest absolute Gasteiger partial charge is 0.417 e. The zero-order valence-electron chi connectivity index (χ0n) is 12.1. The molecule has 23 heavy (non-hydrogen) atoms. The van der Waals surface area contributed by atoms with E-state index in [1.54, 1.807) is 13.8 Å². The monoisotopic (exact) mass is 364 g/mol. The van der Waals surface area contributed by atoms with Crippen LogP contribution in [0.15, 0.2) is 27.8 Å². The summed E-state index contributed by atoms with van der Waals surface area (Å²) in [6.45, 7) is 3.52. The topological polar surface area (TPSA) is 55.1 Å².